The van der Waals surface area contributed by atoms with Gasteiger partial charge in [0.05, 0.1) is 0 Å². The minimum Gasteiger partial charge on any atom is -0.311 e. The highest BCUT2D eigenvalue weighted by Gasteiger charge is 2.24. The van der Waals surface area contributed by atoms with Gasteiger partial charge in [-0.15, -0.1) is 0 Å². The van der Waals surface area contributed by atoms with E-state index in [9.17, 15) is 4.79 Å². The first-order valence-electron chi connectivity index (χ1n) is 6.56. The van der Waals surface area contributed by atoms with Gasteiger partial charge in [-0.1, -0.05) is 39.0 Å². The molecule has 0 bridgehead atoms. The zero-order chi connectivity index (χ0) is 13.2. The summed E-state index contributed by atoms with van der Waals surface area (Å²) in [6.45, 7) is 8.76. The van der Waals surface area contributed by atoms with Crippen LogP contribution in [0, 0.1) is 5.41 Å². The lowest BCUT2D eigenvalue weighted by Gasteiger charge is -2.26. The predicted octanol–water partition coefficient (Wildman–Crippen LogP) is 2.56. The van der Waals surface area contributed by atoms with Gasteiger partial charge >= 0.3 is 0 Å². The summed E-state index contributed by atoms with van der Waals surface area (Å²) < 4.78 is 0. The Kier molecular flexibility index (Phi) is 3.71. The van der Waals surface area contributed by atoms with Crippen LogP contribution in [0.3, 0.4) is 0 Å². The summed E-state index contributed by atoms with van der Waals surface area (Å²) >= 11 is 0. The topological polar surface area (TPSA) is 32.3 Å². The summed E-state index contributed by atoms with van der Waals surface area (Å²) in [6, 6.07) is 8.16. The molecule has 0 spiro atoms. The van der Waals surface area contributed by atoms with E-state index < -0.39 is 0 Å². The van der Waals surface area contributed by atoms with Crippen molar-refractivity contribution < 1.29 is 4.79 Å². The first-order valence-corrected chi connectivity index (χ1v) is 6.56. The molecule has 1 N–H and O–H groups in total. The number of fused-ring (bicyclic) bond motifs is 1. The maximum Gasteiger partial charge on any atom is 0.227 e. The van der Waals surface area contributed by atoms with Gasteiger partial charge < -0.3 is 10.2 Å². The number of para-hydroxylation sites is 1. The van der Waals surface area contributed by atoms with Crippen molar-refractivity contribution in [1.82, 2.24) is 5.32 Å². The molecule has 1 heterocycles. The van der Waals surface area contributed by atoms with Crippen molar-refractivity contribution >= 4 is 11.6 Å². The second-order valence-electron chi connectivity index (χ2n) is 6.09. The number of hydrogen-bond acceptors (Lipinski definition) is 2. The summed E-state index contributed by atoms with van der Waals surface area (Å²) in [6.07, 6.45) is 0.585. The van der Waals surface area contributed by atoms with E-state index in [1.54, 1.807) is 0 Å². The van der Waals surface area contributed by atoms with Crippen LogP contribution in [0.2, 0.25) is 0 Å². The summed E-state index contributed by atoms with van der Waals surface area (Å²) in [4.78, 5) is 14.4. The summed E-state index contributed by atoms with van der Waals surface area (Å²) in [5.74, 6) is 0.221. The molecule has 2 rings (SSSR count). The minimum absolute atomic E-state index is 0.0335. The van der Waals surface area contributed by atoms with Crippen LogP contribution in [0.25, 0.3) is 0 Å². The fourth-order valence-electron chi connectivity index (χ4n) is 2.27. The number of anilines is 1. The number of nitrogens with zero attached hydrogens (tertiary/aromatic N) is 1. The van der Waals surface area contributed by atoms with Gasteiger partial charge in [-0.3, -0.25) is 4.79 Å². The molecule has 0 fully saturated rings. The number of hydrogen-bond donors (Lipinski definition) is 1. The van der Waals surface area contributed by atoms with Gasteiger partial charge in [0.1, 0.15) is 0 Å². The molecule has 0 saturated heterocycles. The quantitative estimate of drug-likeness (QED) is 0.826. The molecule has 18 heavy (non-hydrogen) atoms. The molecule has 0 aliphatic carbocycles. The Balaban J connectivity index is 2.25. The molecule has 0 saturated carbocycles. The van der Waals surface area contributed by atoms with Crippen molar-refractivity contribution in [3.8, 4) is 0 Å². The molecule has 3 heteroatoms. The molecule has 0 unspecified atom stereocenters. The van der Waals surface area contributed by atoms with Gasteiger partial charge in [-0.2, -0.15) is 0 Å². The van der Waals surface area contributed by atoms with Crippen molar-refractivity contribution in [2.45, 2.75) is 33.7 Å². The van der Waals surface area contributed by atoms with Crippen LogP contribution in [-0.4, -0.2) is 19.0 Å². The van der Waals surface area contributed by atoms with E-state index in [2.05, 4.69) is 32.2 Å². The summed E-state index contributed by atoms with van der Waals surface area (Å²) in [5.41, 5.74) is 2.31. The number of carbonyl (C=O) groups excluding carboxylic acids is 1. The second-order valence-corrected chi connectivity index (χ2v) is 6.09. The molecular weight excluding hydrogens is 224 g/mol. The maximum absolute atomic E-state index is 12.4. The van der Waals surface area contributed by atoms with Gasteiger partial charge in [0.15, 0.2) is 0 Å². The molecule has 1 amide bonds. The fraction of sp³-hybridized carbons (Fsp3) is 0.533. The molecule has 98 valence electrons. The van der Waals surface area contributed by atoms with Gasteiger partial charge in [0.25, 0.3) is 0 Å². The molecule has 0 atom stereocenters. The Bertz CT molecular complexity index is 434. The largest absolute Gasteiger partial charge is 0.311 e. The molecule has 1 aromatic rings. The number of nitrogens with one attached hydrogen (secondary N) is 1. The number of rotatable bonds is 1. The molecular formula is C15H22N2O. The predicted molar refractivity (Wildman–Crippen MR) is 74.6 cm³/mol. The number of benzene rings is 1. The van der Waals surface area contributed by atoms with E-state index >= 15 is 0 Å². The van der Waals surface area contributed by atoms with E-state index in [1.807, 2.05) is 23.1 Å². The van der Waals surface area contributed by atoms with Gasteiger partial charge in [-0.05, 0) is 17.0 Å². The Morgan fingerprint density at radius 2 is 2.06 bits per heavy atom. The highest BCUT2D eigenvalue weighted by Crippen LogP contribution is 2.26. The van der Waals surface area contributed by atoms with Crippen LogP contribution in [-0.2, 0) is 11.3 Å². The van der Waals surface area contributed by atoms with E-state index in [0.29, 0.717) is 6.42 Å². The van der Waals surface area contributed by atoms with Gasteiger partial charge in [0, 0.05) is 31.7 Å². The highest BCUT2D eigenvalue weighted by molar-refractivity contribution is 5.94. The van der Waals surface area contributed by atoms with Gasteiger partial charge in [-0.25, -0.2) is 0 Å². The van der Waals surface area contributed by atoms with E-state index in [1.165, 1.54) is 5.56 Å². The molecule has 1 aliphatic rings. The molecule has 0 aromatic heterocycles. The maximum atomic E-state index is 12.4. The average molecular weight is 246 g/mol. The SMILES string of the molecule is CC(C)(C)CC(=O)N1CCNCc2ccccc21. The number of carbonyl (C=O) groups is 1. The van der Waals surface area contributed by atoms with E-state index in [-0.39, 0.29) is 11.3 Å². The Morgan fingerprint density at radius 3 is 2.78 bits per heavy atom. The smallest absolute Gasteiger partial charge is 0.227 e. The zero-order valence-corrected chi connectivity index (χ0v) is 11.5. The Hall–Kier alpha value is -1.35. The second kappa shape index (κ2) is 5.11. The summed E-state index contributed by atoms with van der Waals surface area (Å²) in [5, 5.41) is 3.36. The zero-order valence-electron chi connectivity index (χ0n) is 11.5. The molecule has 1 aliphatic heterocycles. The van der Waals surface area contributed by atoms with Crippen LogP contribution >= 0.6 is 0 Å². The first kappa shape index (κ1) is 13.1. The normalized spacial score (nSPS) is 16.1. The van der Waals surface area contributed by atoms with E-state index in [0.717, 1.165) is 25.3 Å². The van der Waals surface area contributed by atoms with Crippen LogP contribution in [0.1, 0.15) is 32.8 Å². The van der Waals surface area contributed by atoms with Gasteiger partial charge in [0.2, 0.25) is 5.91 Å². The average Bonchev–Trinajstić information content (AvgIpc) is 2.48. The van der Waals surface area contributed by atoms with Crippen LogP contribution in [0.4, 0.5) is 5.69 Å². The Labute approximate surface area is 109 Å². The third kappa shape index (κ3) is 3.10. The monoisotopic (exact) mass is 246 g/mol. The Morgan fingerprint density at radius 1 is 1.33 bits per heavy atom. The first-order chi connectivity index (χ1) is 8.47. The van der Waals surface area contributed by atoms with Crippen LogP contribution in [0.15, 0.2) is 24.3 Å². The molecule has 3 nitrogen and oxygen atoms in total. The van der Waals surface area contributed by atoms with Crippen LogP contribution in [0.5, 0.6) is 0 Å². The lowest BCUT2D eigenvalue weighted by molar-refractivity contribution is -0.120. The standard InChI is InChI=1S/C15H22N2O/c1-15(2,3)10-14(18)17-9-8-16-11-12-6-4-5-7-13(12)17/h4-7,16H,8-11H2,1-3H3. The minimum atomic E-state index is 0.0335. The van der Waals surface area contributed by atoms with Crippen molar-refractivity contribution in [2.75, 3.05) is 18.0 Å². The fourth-order valence-corrected chi connectivity index (χ4v) is 2.27. The molecule has 0 radical (unpaired) electrons. The molecule has 1 aromatic carbocycles. The third-order valence-corrected chi connectivity index (χ3v) is 3.09. The van der Waals surface area contributed by atoms with E-state index in [4.69, 9.17) is 0 Å². The van der Waals surface area contributed by atoms with Crippen molar-refractivity contribution in [1.29, 1.82) is 0 Å². The summed E-state index contributed by atoms with van der Waals surface area (Å²) in [7, 11) is 0. The highest BCUT2D eigenvalue weighted by atomic mass is 16.2. The van der Waals surface area contributed by atoms with Crippen molar-refractivity contribution in [3.05, 3.63) is 29.8 Å². The number of amides is 1. The lowest BCUT2D eigenvalue weighted by Crippen LogP contribution is -2.36. The lowest BCUT2D eigenvalue weighted by atomic mass is 9.91. The van der Waals surface area contributed by atoms with Crippen LogP contribution < -0.4 is 10.2 Å². The van der Waals surface area contributed by atoms with Crippen molar-refractivity contribution in [2.24, 2.45) is 5.41 Å². The van der Waals surface area contributed by atoms with Crippen molar-refractivity contribution in [3.63, 3.8) is 0 Å². The third-order valence-electron chi connectivity index (χ3n) is 3.09.